The van der Waals surface area contributed by atoms with E-state index < -0.39 is 11.7 Å². The van der Waals surface area contributed by atoms with E-state index in [1.165, 1.54) is 34.8 Å². The molecule has 1 aliphatic carbocycles. The molecule has 0 fully saturated rings. The third-order valence-corrected chi connectivity index (χ3v) is 4.94. The van der Waals surface area contributed by atoms with Crippen molar-refractivity contribution in [3.63, 3.8) is 0 Å². The van der Waals surface area contributed by atoms with Crippen molar-refractivity contribution in [2.45, 2.75) is 25.3 Å². The summed E-state index contributed by atoms with van der Waals surface area (Å²) in [5.41, 5.74) is 3.50. The van der Waals surface area contributed by atoms with Crippen molar-refractivity contribution in [2.75, 3.05) is 0 Å². The normalized spacial score (nSPS) is 16.8. The van der Waals surface area contributed by atoms with Crippen molar-refractivity contribution in [3.05, 3.63) is 70.1 Å². The summed E-state index contributed by atoms with van der Waals surface area (Å²) in [5, 5.41) is 4.26. The second-order valence-electron chi connectivity index (χ2n) is 6.14. The molecule has 1 atom stereocenters. The van der Waals surface area contributed by atoms with Crippen LogP contribution in [0, 0.1) is 5.82 Å². The molecule has 2 N–H and O–H groups in total. The van der Waals surface area contributed by atoms with E-state index in [2.05, 4.69) is 22.4 Å². The maximum atomic E-state index is 13.9. The van der Waals surface area contributed by atoms with Crippen molar-refractivity contribution < 1.29 is 9.18 Å². The van der Waals surface area contributed by atoms with E-state index in [9.17, 15) is 9.18 Å². The largest absolute Gasteiger partial charge is 0.358 e. The quantitative estimate of drug-likeness (QED) is 0.718. The molecular formula is C19H16ClFN2O. The van der Waals surface area contributed by atoms with Crippen molar-refractivity contribution in [1.82, 2.24) is 10.3 Å². The van der Waals surface area contributed by atoms with Gasteiger partial charge in [0.2, 0.25) is 0 Å². The summed E-state index contributed by atoms with van der Waals surface area (Å²) in [6.07, 6.45) is 2.41. The van der Waals surface area contributed by atoms with Crippen LogP contribution < -0.4 is 5.32 Å². The van der Waals surface area contributed by atoms with E-state index in [1.807, 2.05) is 12.1 Å². The van der Waals surface area contributed by atoms with Crippen LogP contribution in [0.5, 0.6) is 0 Å². The first-order valence-electron chi connectivity index (χ1n) is 7.97. The number of carbonyl (C=O) groups excluding carboxylic acids is 1. The van der Waals surface area contributed by atoms with E-state index in [-0.39, 0.29) is 16.6 Å². The van der Waals surface area contributed by atoms with Crippen LogP contribution in [0.3, 0.4) is 0 Å². The number of benzene rings is 2. The van der Waals surface area contributed by atoms with Crippen LogP contribution in [-0.2, 0) is 12.8 Å². The number of para-hydroxylation sites is 1. The molecule has 1 aliphatic rings. The predicted octanol–water partition coefficient (Wildman–Crippen LogP) is 4.25. The number of nitrogens with one attached hydrogen (secondary N) is 2. The summed E-state index contributed by atoms with van der Waals surface area (Å²) in [6.45, 7) is 0. The van der Waals surface area contributed by atoms with Gasteiger partial charge in [0.1, 0.15) is 5.82 Å². The molecule has 1 amide bonds. The molecular weight excluding hydrogens is 327 g/mol. The molecule has 122 valence electrons. The maximum absolute atomic E-state index is 13.9. The molecule has 3 aromatic rings. The molecule has 0 saturated heterocycles. The van der Waals surface area contributed by atoms with E-state index in [4.69, 9.17) is 11.6 Å². The average molecular weight is 343 g/mol. The molecule has 5 heteroatoms. The summed E-state index contributed by atoms with van der Waals surface area (Å²) in [5.74, 6) is -1.05. The van der Waals surface area contributed by atoms with Crippen LogP contribution in [-0.4, -0.2) is 16.9 Å². The SMILES string of the molecule is O=C(NC1CCc2[nH]c3ccccc3c2C1)c1c(F)cccc1Cl. The Morgan fingerprint density at radius 3 is 2.88 bits per heavy atom. The van der Waals surface area contributed by atoms with Crippen molar-refractivity contribution >= 4 is 28.4 Å². The first-order chi connectivity index (χ1) is 11.6. The van der Waals surface area contributed by atoms with Gasteiger partial charge in [0, 0.05) is 22.6 Å². The topological polar surface area (TPSA) is 44.9 Å². The third-order valence-electron chi connectivity index (χ3n) is 4.62. The molecule has 0 saturated carbocycles. The van der Waals surface area contributed by atoms with Gasteiger partial charge in [-0.05, 0) is 43.0 Å². The molecule has 1 aromatic heterocycles. The summed E-state index contributed by atoms with van der Waals surface area (Å²) >= 11 is 5.98. The Labute approximate surface area is 143 Å². The molecule has 1 unspecified atom stereocenters. The van der Waals surface area contributed by atoms with Crippen LogP contribution in [0.1, 0.15) is 28.0 Å². The molecule has 0 radical (unpaired) electrons. The Morgan fingerprint density at radius 2 is 2.04 bits per heavy atom. The highest BCUT2D eigenvalue weighted by molar-refractivity contribution is 6.33. The highest BCUT2D eigenvalue weighted by Crippen LogP contribution is 2.29. The predicted molar refractivity (Wildman–Crippen MR) is 93.0 cm³/mol. The highest BCUT2D eigenvalue weighted by Gasteiger charge is 2.25. The smallest absolute Gasteiger partial charge is 0.256 e. The maximum Gasteiger partial charge on any atom is 0.256 e. The van der Waals surface area contributed by atoms with E-state index >= 15 is 0 Å². The fourth-order valence-corrected chi connectivity index (χ4v) is 3.71. The van der Waals surface area contributed by atoms with E-state index in [0.29, 0.717) is 0 Å². The lowest BCUT2D eigenvalue weighted by molar-refractivity contribution is 0.0929. The molecule has 0 spiro atoms. The number of amides is 1. The molecule has 3 nitrogen and oxygen atoms in total. The summed E-state index contributed by atoms with van der Waals surface area (Å²) in [6, 6.07) is 12.4. The molecule has 4 rings (SSSR count). The Balaban J connectivity index is 1.58. The lowest BCUT2D eigenvalue weighted by atomic mass is 9.91. The highest BCUT2D eigenvalue weighted by atomic mass is 35.5. The van der Waals surface area contributed by atoms with Gasteiger partial charge in [-0.2, -0.15) is 0 Å². The standard InChI is InChI=1S/C19H16ClFN2O/c20-14-5-3-6-15(21)18(14)19(24)22-11-8-9-17-13(10-11)12-4-1-2-7-16(12)23-17/h1-7,11,23H,8-10H2,(H,22,24). The second kappa shape index (κ2) is 5.95. The minimum Gasteiger partial charge on any atom is -0.358 e. The number of H-pyrrole nitrogens is 1. The van der Waals surface area contributed by atoms with Crippen LogP contribution in [0.15, 0.2) is 42.5 Å². The van der Waals surface area contributed by atoms with Gasteiger partial charge in [-0.15, -0.1) is 0 Å². The third kappa shape index (κ3) is 2.57. The first-order valence-corrected chi connectivity index (χ1v) is 8.34. The van der Waals surface area contributed by atoms with E-state index in [1.54, 1.807) is 0 Å². The zero-order valence-electron chi connectivity index (χ0n) is 12.9. The van der Waals surface area contributed by atoms with Gasteiger partial charge in [-0.25, -0.2) is 4.39 Å². The first kappa shape index (κ1) is 15.2. The molecule has 0 bridgehead atoms. The zero-order chi connectivity index (χ0) is 16.7. The fraction of sp³-hybridized carbons (Fsp3) is 0.211. The van der Waals surface area contributed by atoms with Gasteiger partial charge in [0.05, 0.1) is 10.6 Å². The minimum atomic E-state index is -0.594. The monoisotopic (exact) mass is 342 g/mol. The molecule has 1 heterocycles. The number of hydrogen-bond acceptors (Lipinski definition) is 1. The average Bonchev–Trinajstić information content (AvgIpc) is 2.93. The van der Waals surface area contributed by atoms with Gasteiger partial charge in [-0.3, -0.25) is 4.79 Å². The minimum absolute atomic E-state index is 0.0279. The fourth-order valence-electron chi connectivity index (χ4n) is 3.46. The number of aromatic nitrogens is 1. The number of carbonyl (C=O) groups is 1. The van der Waals surface area contributed by atoms with Crippen LogP contribution in [0.2, 0.25) is 5.02 Å². The van der Waals surface area contributed by atoms with Gasteiger partial charge in [0.25, 0.3) is 5.91 Å². The Hall–Kier alpha value is -2.33. The van der Waals surface area contributed by atoms with E-state index in [0.717, 1.165) is 24.8 Å². The van der Waals surface area contributed by atoms with Gasteiger partial charge in [-0.1, -0.05) is 35.9 Å². The second-order valence-corrected chi connectivity index (χ2v) is 6.54. The number of halogens is 2. The number of hydrogen-bond donors (Lipinski definition) is 2. The number of aromatic amines is 1. The Kier molecular flexibility index (Phi) is 3.77. The lowest BCUT2D eigenvalue weighted by Crippen LogP contribution is -2.39. The Morgan fingerprint density at radius 1 is 1.21 bits per heavy atom. The summed E-state index contributed by atoms with van der Waals surface area (Å²) in [7, 11) is 0. The van der Waals surface area contributed by atoms with Gasteiger partial charge < -0.3 is 10.3 Å². The van der Waals surface area contributed by atoms with Gasteiger partial charge >= 0.3 is 0 Å². The molecule has 0 aliphatic heterocycles. The van der Waals surface area contributed by atoms with Crippen LogP contribution in [0.25, 0.3) is 10.9 Å². The summed E-state index contributed by atoms with van der Waals surface area (Å²) < 4.78 is 13.9. The summed E-state index contributed by atoms with van der Waals surface area (Å²) in [4.78, 5) is 15.9. The van der Waals surface area contributed by atoms with Crippen molar-refractivity contribution in [2.24, 2.45) is 0 Å². The van der Waals surface area contributed by atoms with Gasteiger partial charge in [0.15, 0.2) is 0 Å². The zero-order valence-corrected chi connectivity index (χ0v) is 13.7. The van der Waals surface area contributed by atoms with Crippen molar-refractivity contribution in [3.8, 4) is 0 Å². The lowest BCUT2D eigenvalue weighted by Gasteiger charge is -2.24. The van der Waals surface area contributed by atoms with Crippen LogP contribution >= 0.6 is 11.6 Å². The molecule has 2 aromatic carbocycles. The number of aryl methyl sites for hydroxylation is 1. The number of fused-ring (bicyclic) bond motifs is 3. The van der Waals surface area contributed by atoms with Crippen molar-refractivity contribution in [1.29, 1.82) is 0 Å². The number of rotatable bonds is 2. The van der Waals surface area contributed by atoms with Crippen LogP contribution in [0.4, 0.5) is 4.39 Å². The molecule has 24 heavy (non-hydrogen) atoms. The Bertz CT molecular complexity index is 914.